The molecule has 0 amide bonds. The van der Waals surface area contributed by atoms with E-state index >= 15 is 0 Å². The van der Waals surface area contributed by atoms with E-state index < -0.39 is 0 Å². The van der Waals surface area contributed by atoms with Gasteiger partial charge in [-0.1, -0.05) is 35.5 Å². The summed E-state index contributed by atoms with van der Waals surface area (Å²) in [5.74, 6) is 1.36. The number of rotatable bonds is 4. The highest BCUT2D eigenvalue weighted by Gasteiger charge is 2.06. The second-order valence-electron chi connectivity index (χ2n) is 3.13. The SMILES string of the molecule is [NH3+]Cc1nnc(SCc2ccc(Cl)cc2)o1. The lowest BCUT2D eigenvalue weighted by atomic mass is 10.2. The van der Waals surface area contributed by atoms with Crippen molar-refractivity contribution in [2.45, 2.75) is 17.5 Å². The van der Waals surface area contributed by atoms with E-state index in [1.807, 2.05) is 24.3 Å². The topological polar surface area (TPSA) is 66.6 Å². The van der Waals surface area contributed by atoms with Gasteiger partial charge in [-0.2, -0.15) is 0 Å². The van der Waals surface area contributed by atoms with E-state index in [0.29, 0.717) is 17.7 Å². The zero-order valence-corrected chi connectivity index (χ0v) is 10.1. The van der Waals surface area contributed by atoms with Crippen molar-refractivity contribution in [1.29, 1.82) is 0 Å². The molecule has 1 aromatic heterocycles. The van der Waals surface area contributed by atoms with Gasteiger partial charge in [0.15, 0.2) is 6.54 Å². The molecule has 0 unspecified atom stereocenters. The van der Waals surface area contributed by atoms with E-state index in [0.717, 1.165) is 10.8 Å². The van der Waals surface area contributed by atoms with Crippen molar-refractivity contribution in [3.63, 3.8) is 0 Å². The zero-order chi connectivity index (χ0) is 11.4. The summed E-state index contributed by atoms with van der Waals surface area (Å²) in [4.78, 5) is 0. The minimum atomic E-state index is 0.522. The highest BCUT2D eigenvalue weighted by molar-refractivity contribution is 7.98. The van der Waals surface area contributed by atoms with Crippen LogP contribution in [-0.2, 0) is 12.3 Å². The van der Waals surface area contributed by atoms with Gasteiger partial charge < -0.3 is 10.2 Å². The van der Waals surface area contributed by atoms with Crippen LogP contribution < -0.4 is 5.73 Å². The molecule has 3 N–H and O–H groups in total. The smallest absolute Gasteiger partial charge is 0.277 e. The predicted molar refractivity (Wildman–Crippen MR) is 61.9 cm³/mol. The molecule has 2 rings (SSSR count). The van der Waals surface area contributed by atoms with Crippen LogP contribution in [0.15, 0.2) is 33.9 Å². The third-order valence-electron chi connectivity index (χ3n) is 1.94. The molecule has 16 heavy (non-hydrogen) atoms. The van der Waals surface area contributed by atoms with Crippen LogP contribution in [0.2, 0.25) is 5.02 Å². The van der Waals surface area contributed by atoms with Crippen LogP contribution in [-0.4, -0.2) is 10.2 Å². The Morgan fingerprint density at radius 1 is 1.25 bits per heavy atom. The van der Waals surface area contributed by atoms with Gasteiger partial charge in [-0.05, 0) is 17.7 Å². The highest BCUT2D eigenvalue weighted by atomic mass is 35.5. The molecule has 0 aliphatic rings. The second-order valence-corrected chi connectivity index (χ2v) is 4.49. The lowest BCUT2D eigenvalue weighted by Crippen LogP contribution is -2.47. The molecule has 84 valence electrons. The summed E-state index contributed by atoms with van der Waals surface area (Å²) >= 11 is 7.30. The third kappa shape index (κ3) is 2.98. The number of nitrogens with zero attached hydrogens (tertiary/aromatic N) is 2. The van der Waals surface area contributed by atoms with Crippen molar-refractivity contribution < 1.29 is 10.2 Å². The lowest BCUT2D eigenvalue weighted by Gasteiger charge is -1.97. The van der Waals surface area contributed by atoms with Crippen LogP contribution in [0.4, 0.5) is 0 Å². The van der Waals surface area contributed by atoms with Gasteiger partial charge in [0.05, 0.1) is 0 Å². The second kappa shape index (κ2) is 5.34. The first kappa shape index (κ1) is 11.4. The average molecular weight is 257 g/mol. The molecule has 0 atom stereocenters. The summed E-state index contributed by atoms with van der Waals surface area (Å²) in [6.45, 7) is 0.522. The fourth-order valence-electron chi connectivity index (χ4n) is 1.12. The van der Waals surface area contributed by atoms with Crippen molar-refractivity contribution in [2.24, 2.45) is 0 Å². The van der Waals surface area contributed by atoms with E-state index in [1.165, 1.54) is 17.3 Å². The Morgan fingerprint density at radius 2 is 2.00 bits per heavy atom. The number of aromatic nitrogens is 2. The molecule has 0 spiro atoms. The van der Waals surface area contributed by atoms with Crippen molar-refractivity contribution in [1.82, 2.24) is 10.2 Å². The molecule has 0 aliphatic carbocycles. The molecule has 4 nitrogen and oxygen atoms in total. The van der Waals surface area contributed by atoms with Crippen LogP contribution in [0.5, 0.6) is 0 Å². The molecular formula is C10H11ClN3OS+. The fourth-order valence-corrected chi connectivity index (χ4v) is 1.99. The minimum Gasteiger partial charge on any atom is -0.410 e. The molecule has 6 heteroatoms. The maximum atomic E-state index is 5.80. The Bertz CT molecular complexity index is 457. The molecule has 0 bridgehead atoms. The van der Waals surface area contributed by atoms with Gasteiger partial charge in [-0.15, -0.1) is 10.2 Å². The first-order chi connectivity index (χ1) is 7.78. The van der Waals surface area contributed by atoms with Crippen molar-refractivity contribution in [3.8, 4) is 0 Å². The zero-order valence-electron chi connectivity index (χ0n) is 8.52. The lowest BCUT2D eigenvalue weighted by molar-refractivity contribution is -0.391. The molecule has 0 fully saturated rings. The third-order valence-corrected chi connectivity index (χ3v) is 3.08. The van der Waals surface area contributed by atoms with Crippen LogP contribution in [0.1, 0.15) is 11.5 Å². The van der Waals surface area contributed by atoms with Gasteiger partial charge >= 0.3 is 0 Å². The van der Waals surface area contributed by atoms with E-state index in [4.69, 9.17) is 16.0 Å². The summed E-state index contributed by atoms with van der Waals surface area (Å²) in [7, 11) is 0. The van der Waals surface area contributed by atoms with E-state index in [9.17, 15) is 0 Å². The summed E-state index contributed by atoms with van der Waals surface area (Å²) in [5.41, 5.74) is 4.85. The van der Waals surface area contributed by atoms with Crippen LogP contribution in [0.25, 0.3) is 0 Å². The molecule has 2 aromatic rings. The van der Waals surface area contributed by atoms with Crippen LogP contribution in [0, 0.1) is 0 Å². The normalized spacial score (nSPS) is 10.6. The standard InChI is InChI=1S/C10H10ClN3OS/c11-8-3-1-7(2-4-8)6-16-10-14-13-9(5-12)15-10/h1-4H,5-6,12H2/p+1. The van der Waals surface area contributed by atoms with E-state index in [1.54, 1.807) is 0 Å². The Morgan fingerprint density at radius 3 is 2.62 bits per heavy atom. The number of halogens is 1. The van der Waals surface area contributed by atoms with E-state index in [2.05, 4.69) is 15.9 Å². The summed E-state index contributed by atoms with van der Waals surface area (Å²) in [6.07, 6.45) is 0. The molecule has 1 heterocycles. The van der Waals surface area contributed by atoms with Crippen LogP contribution >= 0.6 is 23.4 Å². The number of quaternary nitrogens is 1. The molecule has 0 radical (unpaired) electrons. The average Bonchev–Trinajstić information content (AvgIpc) is 2.76. The Balaban J connectivity index is 1.94. The maximum absolute atomic E-state index is 5.80. The highest BCUT2D eigenvalue weighted by Crippen LogP contribution is 2.22. The molecular weight excluding hydrogens is 246 g/mol. The van der Waals surface area contributed by atoms with Crippen molar-refractivity contribution in [3.05, 3.63) is 40.7 Å². The maximum Gasteiger partial charge on any atom is 0.277 e. The number of benzene rings is 1. The van der Waals surface area contributed by atoms with Crippen molar-refractivity contribution in [2.75, 3.05) is 0 Å². The first-order valence-corrected chi connectivity index (χ1v) is 6.13. The van der Waals surface area contributed by atoms with Gasteiger partial charge in [0, 0.05) is 10.8 Å². The van der Waals surface area contributed by atoms with Crippen LogP contribution in [0.3, 0.4) is 0 Å². The van der Waals surface area contributed by atoms with Gasteiger partial charge in [0.25, 0.3) is 11.1 Å². The van der Waals surface area contributed by atoms with Gasteiger partial charge in [0.2, 0.25) is 0 Å². The monoisotopic (exact) mass is 256 g/mol. The number of hydrogen-bond acceptors (Lipinski definition) is 4. The van der Waals surface area contributed by atoms with E-state index in [-0.39, 0.29) is 0 Å². The molecule has 0 saturated carbocycles. The molecule has 1 aromatic carbocycles. The van der Waals surface area contributed by atoms with Gasteiger partial charge in [0.1, 0.15) is 0 Å². The number of thioether (sulfide) groups is 1. The fraction of sp³-hybridized carbons (Fsp3) is 0.200. The predicted octanol–water partition coefficient (Wildman–Crippen LogP) is 1.76. The first-order valence-electron chi connectivity index (χ1n) is 4.77. The number of hydrogen-bond donors (Lipinski definition) is 1. The van der Waals surface area contributed by atoms with Crippen molar-refractivity contribution >= 4 is 23.4 Å². The quantitative estimate of drug-likeness (QED) is 0.847. The Kier molecular flexibility index (Phi) is 3.82. The minimum absolute atomic E-state index is 0.522. The molecule has 0 saturated heterocycles. The Labute approximate surface area is 102 Å². The Hall–Kier alpha value is -1.04. The summed E-state index contributed by atoms with van der Waals surface area (Å²) in [5, 5.41) is 9.06. The summed E-state index contributed by atoms with van der Waals surface area (Å²) < 4.78 is 5.33. The molecule has 0 aliphatic heterocycles. The van der Waals surface area contributed by atoms with Gasteiger partial charge in [-0.25, -0.2) is 0 Å². The van der Waals surface area contributed by atoms with Gasteiger partial charge in [-0.3, -0.25) is 0 Å². The summed E-state index contributed by atoms with van der Waals surface area (Å²) in [6, 6.07) is 7.70. The largest absolute Gasteiger partial charge is 0.410 e.